The van der Waals surface area contributed by atoms with Gasteiger partial charge >= 0.3 is 0 Å². The SMILES string of the molecule is CCC(C)CN(CC)C(C)C(N)c1ccc(C)cc1. The van der Waals surface area contributed by atoms with Crippen LogP contribution in [0, 0.1) is 12.8 Å². The number of likely N-dealkylation sites (N-methyl/N-ethyl adjacent to an activating group) is 1. The fraction of sp³-hybridized carbons (Fsp3) is 0.647. The number of benzene rings is 1. The van der Waals surface area contributed by atoms with E-state index in [-0.39, 0.29) is 6.04 Å². The van der Waals surface area contributed by atoms with Gasteiger partial charge in [0.1, 0.15) is 0 Å². The summed E-state index contributed by atoms with van der Waals surface area (Å²) >= 11 is 0. The van der Waals surface area contributed by atoms with E-state index in [9.17, 15) is 0 Å². The maximum Gasteiger partial charge on any atom is 0.0450 e. The molecular formula is C17H30N2. The van der Waals surface area contributed by atoms with Crippen molar-refractivity contribution in [3.05, 3.63) is 35.4 Å². The average Bonchev–Trinajstić information content (AvgIpc) is 2.43. The van der Waals surface area contributed by atoms with Gasteiger partial charge in [-0.25, -0.2) is 0 Å². The van der Waals surface area contributed by atoms with E-state index in [0.29, 0.717) is 6.04 Å². The second kappa shape index (κ2) is 7.66. The van der Waals surface area contributed by atoms with Crippen LogP contribution in [0.5, 0.6) is 0 Å². The van der Waals surface area contributed by atoms with Crippen molar-refractivity contribution in [2.24, 2.45) is 11.7 Å². The van der Waals surface area contributed by atoms with Crippen LogP contribution in [0.3, 0.4) is 0 Å². The standard InChI is InChI=1S/C17H30N2/c1-6-13(3)12-19(7-2)15(5)17(18)16-10-8-14(4)9-11-16/h8-11,13,15,17H,6-7,12,18H2,1-5H3. The van der Waals surface area contributed by atoms with Gasteiger partial charge in [-0.05, 0) is 31.9 Å². The third-order valence-electron chi connectivity index (χ3n) is 4.21. The number of hydrogen-bond donors (Lipinski definition) is 1. The van der Waals surface area contributed by atoms with E-state index in [1.165, 1.54) is 17.5 Å². The molecule has 3 atom stereocenters. The highest BCUT2D eigenvalue weighted by atomic mass is 15.2. The molecule has 0 fully saturated rings. The van der Waals surface area contributed by atoms with Gasteiger partial charge in [0, 0.05) is 18.6 Å². The Bertz CT molecular complexity index is 358. The van der Waals surface area contributed by atoms with Gasteiger partial charge in [-0.15, -0.1) is 0 Å². The van der Waals surface area contributed by atoms with Gasteiger partial charge in [0.05, 0.1) is 0 Å². The molecule has 0 amide bonds. The monoisotopic (exact) mass is 262 g/mol. The average molecular weight is 262 g/mol. The minimum atomic E-state index is 0.0876. The van der Waals surface area contributed by atoms with E-state index < -0.39 is 0 Å². The highest BCUT2D eigenvalue weighted by molar-refractivity contribution is 5.24. The molecule has 2 heteroatoms. The second-order valence-electron chi connectivity index (χ2n) is 5.78. The van der Waals surface area contributed by atoms with Crippen molar-refractivity contribution < 1.29 is 0 Å². The van der Waals surface area contributed by atoms with E-state index in [4.69, 9.17) is 5.73 Å². The van der Waals surface area contributed by atoms with Crippen LogP contribution in [-0.4, -0.2) is 24.0 Å². The molecule has 0 heterocycles. The van der Waals surface area contributed by atoms with Crippen molar-refractivity contribution in [3.8, 4) is 0 Å². The Hall–Kier alpha value is -0.860. The fourth-order valence-electron chi connectivity index (χ4n) is 2.41. The molecule has 108 valence electrons. The summed E-state index contributed by atoms with van der Waals surface area (Å²) in [6.07, 6.45) is 1.23. The van der Waals surface area contributed by atoms with E-state index in [0.717, 1.165) is 19.0 Å². The van der Waals surface area contributed by atoms with Gasteiger partial charge in [-0.1, -0.05) is 57.0 Å². The van der Waals surface area contributed by atoms with Gasteiger partial charge < -0.3 is 5.73 Å². The first-order chi connectivity index (χ1) is 8.99. The molecule has 0 aromatic heterocycles. The van der Waals surface area contributed by atoms with Gasteiger partial charge in [0.2, 0.25) is 0 Å². The van der Waals surface area contributed by atoms with Crippen LogP contribution in [0.2, 0.25) is 0 Å². The van der Waals surface area contributed by atoms with E-state index in [1.807, 2.05) is 0 Å². The molecule has 19 heavy (non-hydrogen) atoms. The van der Waals surface area contributed by atoms with Gasteiger partial charge in [-0.2, -0.15) is 0 Å². The normalized spacial score (nSPS) is 16.4. The van der Waals surface area contributed by atoms with Crippen LogP contribution >= 0.6 is 0 Å². The molecule has 0 aliphatic heterocycles. The van der Waals surface area contributed by atoms with Crippen LogP contribution in [0.15, 0.2) is 24.3 Å². The molecule has 0 saturated carbocycles. The summed E-state index contributed by atoms with van der Waals surface area (Å²) in [6.45, 7) is 13.3. The summed E-state index contributed by atoms with van der Waals surface area (Å²) in [4.78, 5) is 2.50. The molecule has 1 aromatic carbocycles. The lowest BCUT2D eigenvalue weighted by Crippen LogP contribution is -2.42. The van der Waals surface area contributed by atoms with E-state index >= 15 is 0 Å². The van der Waals surface area contributed by atoms with Crippen molar-refractivity contribution in [1.82, 2.24) is 4.90 Å². The minimum Gasteiger partial charge on any atom is -0.323 e. The van der Waals surface area contributed by atoms with E-state index in [2.05, 4.69) is 63.8 Å². The molecule has 0 saturated heterocycles. The van der Waals surface area contributed by atoms with Crippen molar-refractivity contribution in [3.63, 3.8) is 0 Å². The molecule has 0 aliphatic rings. The number of nitrogens with zero attached hydrogens (tertiary/aromatic N) is 1. The quantitative estimate of drug-likeness (QED) is 0.811. The smallest absolute Gasteiger partial charge is 0.0450 e. The zero-order valence-corrected chi connectivity index (χ0v) is 13.2. The molecular weight excluding hydrogens is 232 g/mol. The molecule has 1 rings (SSSR count). The maximum atomic E-state index is 6.44. The van der Waals surface area contributed by atoms with Crippen molar-refractivity contribution >= 4 is 0 Å². The third kappa shape index (κ3) is 4.63. The summed E-state index contributed by atoms with van der Waals surface area (Å²) < 4.78 is 0. The van der Waals surface area contributed by atoms with Crippen LogP contribution < -0.4 is 5.73 Å². The maximum absolute atomic E-state index is 6.44. The number of nitrogens with two attached hydrogens (primary N) is 1. The first-order valence-corrected chi connectivity index (χ1v) is 7.55. The van der Waals surface area contributed by atoms with Crippen LogP contribution in [0.1, 0.15) is 51.3 Å². The number of aryl methyl sites for hydroxylation is 1. The lowest BCUT2D eigenvalue weighted by atomic mass is 9.98. The molecule has 0 bridgehead atoms. The van der Waals surface area contributed by atoms with Crippen molar-refractivity contribution in [2.45, 2.75) is 53.1 Å². The fourth-order valence-corrected chi connectivity index (χ4v) is 2.41. The number of hydrogen-bond acceptors (Lipinski definition) is 2. The molecule has 1 aromatic rings. The summed E-state index contributed by atoms with van der Waals surface area (Å²) in [7, 11) is 0. The summed E-state index contributed by atoms with van der Waals surface area (Å²) in [5, 5.41) is 0. The van der Waals surface area contributed by atoms with Crippen LogP contribution in [0.4, 0.5) is 0 Å². The Morgan fingerprint density at radius 2 is 1.68 bits per heavy atom. The van der Waals surface area contributed by atoms with Gasteiger partial charge in [0.15, 0.2) is 0 Å². The Kier molecular flexibility index (Phi) is 6.53. The largest absolute Gasteiger partial charge is 0.323 e. The van der Waals surface area contributed by atoms with Crippen LogP contribution in [-0.2, 0) is 0 Å². The summed E-state index contributed by atoms with van der Waals surface area (Å²) in [5.41, 5.74) is 8.96. The van der Waals surface area contributed by atoms with Gasteiger partial charge in [0.25, 0.3) is 0 Å². The Morgan fingerprint density at radius 3 is 2.16 bits per heavy atom. The van der Waals surface area contributed by atoms with E-state index in [1.54, 1.807) is 0 Å². The molecule has 0 spiro atoms. The zero-order chi connectivity index (χ0) is 14.4. The Labute approximate surface area is 119 Å². The predicted molar refractivity (Wildman–Crippen MR) is 84.3 cm³/mol. The topological polar surface area (TPSA) is 29.3 Å². The molecule has 0 aliphatic carbocycles. The first kappa shape index (κ1) is 16.2. The molecule has 3 unspecified atom stereocenters. The highest BCUT2D eigenvalue weighted by Gasteiger charge is 2.21. The summed E-state index contributed by atoms with van der Waals surface area (Å²) in [6, 6.07) is 9.08. The highest BCUT2D eigenvalue weighted by Crippen LogP contribution is 2.20. The predicted octanol–water partition coefficient (Wildman–Crippen LogP) is 3.75. The second-order valence-corrected chi connectivity index (χ2v) is 5.78. The summed E-state index contributed by atoms with van der Waals surface area (Å²) in [5.74, 6) is 0.729. The number of rotatable bonds is 7. The van der Waals surface area contributed by atoms with Crippen molar-refractivity contribution in [2.75, 3.05) is 13.1 Å². The first-order valence-electron chi connectivity index (χ1n) is 7.55. The van der Waals surface area contributed by atoms with Crippen molar-refractivity contribution in [1.29, 1.82) is 0 Å². The zero-order valence-electron chi connectivity index (χ0n) is 13.2. The molecule has 0 radical (unpaired) electrons. The molecule has 2 N–H and O–H groups in total. The van der Waals surface area contributed by atoms with Gasteiger partial charge in [-0.3, -0.25) is 4.90 Å². The molecule has 2 nitrogen and oxygen atoms in total. The Balaban J connectivity index is 2.73. The lowest BCUT2D eigenvalue weighted by molar-refractivity contribution is 0.167. The third-order valence-corrected chi connectivity index (χ3v) is 4.21. The lowest BCUT2D eigenvalue weighted by Gasteiger charge is -2.34. The Morgan fingerprint density at radius 1 is 1.11 bits per heavy atom. The minimum absolute atomic E-state index is 0.0876. The van der Waals surface area contributed by atoms with Crippen LogP contribution in [0.25, 0.3) is 0 Å².